The van der Waals surface area contributed by atoms with Gasteiger partial charge >= 0.3 is 0 Å². The third-order valence-corrected chi connectivity index (χ3v) is 2.35. The van der Waals surface area contributed by atoms with Crippen molar-refractivity contribution in [2.75, 3.05) is 13.2 Å². The summed E-state index contributed by atoms with van der Waals surface area (Å²) < 4.78 is 5.20. The second-order valence-corrected chi connectivity index (χ2v) is 3.07. The third kappa shape index (κ3) is 1.24. The van der Waals surface area contributed by atoms with E-state index in [0.717, 1.165) is 6.61 Å². The van der Waals surface area contributed by atoms with E-state index in [9.17, 15) is 0 Å². The molecule has 1 aromatic rings. The summed E-state index contributed by atoms with van der Waals surface area (Å²) in [5, 5.41) is 8.89. The summed E-state index contributed by atoms with van der Waals surface area (Å²) in [4.78, 5) is 0. The average molecular weight is 164 g/mol. The average Bonchev–Trinajstić information content (AvgIpc) is 2.05. The third-order valence-electron chi connectivity index (χ3n) is 2.35. The summed E-state index contributed by atoms with van der Waals surface area (Å²) in [7, 11) is 0. The molecule has 0 amide bonds. The van der Waals surface area contributed by atoms with Gasteiger partial charge in [-0.2, -0.15) is 0 Å². The highest BCUT2D eigenvalue weighted by Crippen LogP contribution is 2.30. The van der Waals surface area contributed by atoms with Crippen LogP contribution >= 0.6 is 0 Å². The van der Waals surface area contributed by atoms with Gasteiger partial charge in [0.1, 0.15) is 0 Å². The summed E-state index contributed by atoms with van der Waals surface area (Å²) in [6.07, 6.45) is 0.0207. The molecule has 0 spiro atoms. The lowest BCUT2D eigenvalue weighted by Crippen LogP contribution is -2.40. The van der Waals surface area contributed by atoms with Crippen LogP contribution in [-0.4, -0.2) is 24.4 Å². The number of aliphatic hydroxyl groups excluding tert-OH is 1. The molecule has 1 N–H and O–H groups in total. The first-order valence-corrected chi connectivity index (χ1v) is 4.19. The van der Waals surface area contributed by atoms with Crippen molar-refractivity contribution >= 4 is 0 Å². The highest BCUT2D eigenvalue weighted by atomic mass is 16.5. The van der Waals surface area contributed by atoms with Crippen LogP contribution in [0.2, 0.25) is 0 Å². The minimum absolute atomic E-state index is 0.0207. The van der Waals surface area contributed by atoms with Crippen molar-refractivity contribution in [2.24, 2.45) is 0 Å². The summed E-state index contributed by atoms with van der Waals surface area (Å²) in [6.45, 7) is 0.870. The van der Waals surface area contributed by atoms with Gasteiger partial charge in [-0.3, -0.25) is 0 Å². The molecule has 2 heteroatoms. The van der Waals surface area contributed by atoms with Gasteiger partial charge in [-0.1, -0.05) is 30.3 Å². The Bertz CT molecular complexity index is 243. The van der Waals surface area contributed by atoms with Gasteiger partial charge in [0.25, 0.3) is 0 Å². The van der Waals surface area contributed by atoms with Gasteiger partial charge in [-0.15, -0.1) is 0 Å². The summed E-state index contributed by atoms with van der Waals surface area (Å²) in [5.74, 6) is 0.399. The number of benzene rings is 1. The van der Waals surface area contributed by atoms with E-state index in [1.807, 2.05) is 18.2 Å². The normalized spacial score (nSPS) is 28.1. The molecule has 2 atom stereocenters. The van der Waals surface area contributed by atoms with Crippen LogP contribution in [0.5, 0.6) is 0 Å². The molecule has 1 aliphatic rings. The van der Waals surface area contributed by atoms with Gasteiger partial charge in [0.2, 0.25) is 0 Å². The Morgan fingerprint density at radius 3 is 2.58 bits per heavy atom. The van der Waals surface area contributed by atoms with E-state index in [0.29, 0.717) is 5.92 Å². The quantitative estimate of drug-likeness (QED) is 0.710. The summed E-state index contributed by atoms with van der Waals surface area (Å²) >= 11 is 0. The first-order valence-electron chi connectivity index (χ1n) is 4.19. The molecule has 0 aliphatic carbocycles. The Kier molecular flexibility index (Phi) is 2.11. The molecule has 1 heterocycles. The van der Waals surface area contributed by atoms with E-state index in [1.54, 1.807) is 0 Å². The minimum atomic E-state index is 0.0207. The molecule has 1 saturated heterocycles. The molecule has 1 aliphatic heterocycles. The van der Waals surface area contributed by atoms with Crippen molar-refractivity contribution in [1.82, 2.24) is 0 Å². The maximum atomic E-state index is 8.89. The molecule has 0 bridgehead atoms. The van der Waals surface area contributed by atoms with E-state index in [-0.39, 0.29) is 12.7 Å². The zero-order valence-corrected chi connectivity index (χ0v) is 6.81. The van der Waals surface area contributed by atoms with Crippen molar-refractivity contribution in [2.45, 2.75) is 12.0 Å². The SMILES string of the molecule is OCC1OCC1c1ccccc1. The minimum Gasteiger partial charge on any atom is -0.394 e. The number of ether oxygens (including phenoxy) is 1. The van der Waals surface area contributed by atoms with Crippen LogP contribution in [0.4, 0.5) is 0 Å². The fourth-order valence-corrected chi connectivity index (χ4v) is 1.52. The molecule has 0 saturated carbocycles. The second kappa shape index (κ2) is 3.25. The highest BCUT2D eigenvalue weighted by Gasteiger charge is 2.32. The number of aliphatic hydroxyl groups is 1. The molecule has 64 valence electrons. The van der Waals surface area contributed by atoms with E-state index < -0.39 is 0 Å². The van der Waals surface area contributed by atoms with Crippen LogP contribution in [0.3, 0.4) is 0 Å². The standard InChI is InChI=1S/C10H12O2/c11-6-10-9(7-12-10)8-4-2-1-3-5-8/h1-5,9-11H,6-7H2. The molecule has 1 fully saturated rings. The molecular weight excluding hydrogens is 152 g/mol. The number of rotatable bonds is 2. The molecule has 2 unspecified atom stereocenters. The monoisotopic (exact) mass is 164 g/mol. The fraction of sp³-hybridized carbons (Fsp3) is 0.400. The molecule has 1 aromatic carbocycles. The van der Waals surface area contributed by atoms with Crippen LogP contribution in [-0.2, 0) is 4.74 Å². The Labute approximate surface area is 71.8 Å². The van der Waals surface area contributed by atoms with Gasteiger partial charge in [0.15, 0.2) is 0 Å². The molecule has 2 rings (SSSR count). The van der Waals surface area contributed by atoms with Crippen molar-refractivity contribution in [3.63, 3.8) is 0 Å². The summed E-state index contributed by atoms with van der Waals surface area (Å²) in [5.41, 5.74) is 1.27. The summed E-state index contributed by atoms with van der Waals surface area (Å²) in [6, 6.07) is 10.2. The van der Waals surface area contributed by atoms with Crippen LogP contribution in [0.25, 0.3) is 0 Å². The number of hydrogen-bond acceptors (Lipinski definition) is 2. The van der Waals surface area contributed by atoms with E-state index >= 15 is 0 Å². The Morgan fingerprint density at radius 2 is 2.08 bits per heavy atom. The maximum absolute atomic E-state index is 8.89. The molecular formula is C10H12O2. The molecule has 0 radical (unpaired) electrons. The lowest BCUT2D eigenvalue weighted by atomic mass is 9.90. The van der Waals surface area contributed by atoms with Crippen LogP contribution in [0, 0.1) is 0 Å². The van der Waals surface area contributed by atoms with Crippen LogP contribution in [0.1, 0.15) is 11.5 Å². The van der Waals surface area contributed by atoms with Crippen molar-refractivity contribution in [3.8, 4) is 0 Å². The largest absolute Gasteiger partial charge is 0.394 e. The van der Waals surface area contributed by atoms with Gasteiger partial charge in [0.05, 0.1) is 19.3 Å². The zero-order valence-electron chi connectivity index (χ0n) is 6.81. The van der Waals surface area contributed by atoms with Crippen LogP contribution < -0.4 is 0 Å². The van der Waals surface area contributed by atoms with Gasteiger partial charge in [-0.05, 0) is 5.56 Å². The van der Waals surface area contributed by atoms with E-state index in [4.69, 9.17) is 9.84 Å². The van der Waals surface area contributed by atoms with Crippen molar-refractivity contribution in [1.29, 1.82) is 0 Å². The maximum Gasteiger partial charge on any atom is 0.0896 e. The first-order chi connectivity index (χ1) is 5.92. The van der Waals surface area contributed by atoms with Gasteiger partial charge in [0, 0.05) is 5.92 Å². The van der Waals surface area contributed by atoms with Gasteiger partial charge < -0.3 is 9.84 Å². The Hall–Kier alpha value is -0.860. The molecule has 2 nitrogen and oxygen atoms in total. The first kappa shape index (κ1) is 7.77. The predicted molar refractivity (Wildman–Crippen MR) is 46.0 cm³/mol. The lowest BCUT2D eigenvalue weighted by molar-refractivity contribution is -0.101. The van der Waals surface area contributed by atoms with Crippen molar-refractivity contribution in [3.05, 3.63) is 35.9 Å². The topological polar surface area (TPSA) is 29.5 Å². The molecule has 12 heavy (non-hydrogen) atoms. The van der Waals surface area contributed by atoms with Crippen molar-refractivity contribution < 1.29 is 9.84 Å². The lowest BCUT2D eigenvalue weighted by Gasteiger charge is -2.35. The number of hydrogen-bond donors (Lipinski definition) is 1. The Morgan fingerprint density at radius 1 is 1.33 bits per heavy atom. The fourth-order valence-electron chi connectivity index (χ4n) is 1.52. The molecule has 0 aromatic heterocycles. The smallest absolute Gasteiger partial charge is 0.0896 e. The van der Waals surface area contributed by atoms with Gasteiger partial charge in [-0.25, -0.2) is 0 Å². The van der Waals surface area contributed by atoms with E-state index in [1.165, 1.54) is 5.56 Å². The van der Waals surface area contributed by atoms with Crippen LogP contribution in [0.15, 0.2) is 30.3 Å². The Balaban J connectivity index is 2.11. The predicted octanol–water partition coefficient (Wildman–Crippen LogP) is 1.16. The zero-order chi connectivity index (χ0) is 8.39. The highest BCUT2D eigenvalue weighted by molar-refractivity contribution is 5.22. The second-order valence-electron chi connectivity index (χ2n) is 3.07. The van der Waals surface area contributed by atoms with E-state index in [2.05, 4.69) is 12.1 Å².